The number of guanidine groups is 1. The van der Waals surface area contributed by atoms with E-state index in [-0.39, 0.29) is 0 Å². The molecule has 26 heavy (non-hydrogen) atoms. The van der Waals surface area contributed by atoms with E-state index in [2.05, 4.69) is 25.3 Å². The molecule has 1 aromatic heterocycles. The monoisotopic (exact) mass is 363 g/mol. The van der Waals surface area contributed by atoms with Crippen molar-refractivity contribution in [3.05, 3.63) is 12.4 Å². The second kappa shape index (κ2) is 8.86. The summed E-state index contributed by atoms with van der Waals surface area (Å²) in [4.78, 5) is 13.2. The number of likely N-dealkylation sites (tertiary alicyclic amines) is 1. The zero-order chi connectivity index (χ0) is 18.4. The molecule has 0 spiro atoms. The van der Waals surface area contributed by atoms with Crippen molar-refractivity contribution < 1.29 is 4.74 Å². The van der Waals surface area contributed by atoms with Crippen molar-refractivity contribution in [3.63, 3.8) is 0 Å². The van der Waals surface area contributed by atoms with Crippen LogP contribution in [0.15, 0.2) is 17.5 Å². The second-order valence-electron chi connectivity index (χ2n) is 6.72. The summed E-state index contributed by atoms with van der Waals surface area (Å²) in [6.07, 6.45) is 5.51. The SMILES string of the molecule is CN(N)/N=C(\N)N1CCC(COc2cnc(N3CCNCC3)cn2)CC1. The van der Waals surface area contributed by atoms with Crippen LogP contribution in [0.25, 0.3) is 0 Å². The molecule has 3 heterocycles. The fraction of sp³-hybridized carbons (Fsp3) is 0.688. The smallest absolute Gasteiger partial charge is 0.232 e. The lowest BCUT2D eigenvalue weighted by Gasteiger charge is -2.32. The molecule has 3 rings (SSSR count). The van der Waals surface area contributed by atoms with E-state index >= 15 is 0 Å². The van der Waals surface area contributed by atoms with Gasteiger partial charge in [0.05, 0.1) is 19.0 Å². The van der Waals surface area contributed by atoms with Gasteiger partial charge in [0, 0.05) is 46.3 Å². The number of piperidine rings is 1. The number of nitrogens with zero attached hydrogens (tertiary/aromatic N) is 6. The van der Waals surface area contributed by atoms with Gasteiger partial charge < -0.3 is 25.6 Å². The largest absolute Gasteiger partial charge is 0.476 e. The molecule has 10 heteroatoms. The first-order chi connectivity index (χ1) is 12.6. The molecule has 0 saturated carbocycles. The van der Waals surface area contributed by atoms with Crippen LogP contribution in [0.1, 0.15) is 12.8 Å². The molecule has 0 aromatic carbocycles. The van der Waals surface area contributed by atoms with Crippen molar-refractivity contribution >= 4 is 11.8 Å². The van der Waals surface area contributed by atoms with Crippen molar-refractivity contribution in [2.24, 2.45) is 22.6 Å². The van der Waals surface area contributed by atoms with E-state index in [0.29, 0.717) is 24.4 Å². The van der Waals surface area contributed by atoms with Gasteiger partial charge in [0.1, 0.15) is 5.82 Å². The normalized spacial score (nSPS) is 19.5. The van der Waals surface area contributed by atoms with Crippen LogP contribution >= 0.6 is 0 Å². The summed E-state index contributed by atoms with van der Waals surface area (Å²) >= 11 is 0. The molecule has 5 N–H and O–H groups in total. The summed E-state index contributed by atoms with van der Waals surface area (Å²) in [6, 6.07) is 0. The first-order valence-corrected chi connectivity index (χ1v) is 9.10. The van der Waals surface area contributed by atoms with Gasteiger partial charge in [-0.1, -0.05) is 0 Å². The van der Waals surface area contributed by atoms with E-state index in [0.717, 1.165) is 57.9 Å². The van der Waals surface area contributed by atoms with E-state index < -0.39 is 0 Å². The highest BCUT2D eigenvalue weighted by Crippen LogP contribution is 2.19. The van der Waals surface area contributed by atoms with Crippen molar-refractivity contribution in [3.8, 4) is 5.88 Å². The molecule has 0 aliphatic carbocycles. The Morgan fingerprint density at radius 2 is 2.00 bits per heavy atom. The Labute approximate surface area is 154 Å². The molecular formula is C16H29N9O. The molecule has 1 aromatic rings. The molecule has 2 aliphatic heterocycles. The van der Waals surface area contributed by atoms with E-state index in [4.69, 9.17) is 16.3 Å². The highest BCUT2D eigenvalue weighted by Gasteiger charge is 2.21. The van der Waals surface area contributed by atoms with Gasteiger partial charge in [-0.2, -0.15) is 0 Å². The molecular weight excluding hydrogens is 334 g/mol. The molecule has 10 nitrogen and oxygen atoms in total. The minimum atomic E-state index is 0.462. The van der Waals surface area contributed by atoms with Gasteiger partial charge in [0.2, 0.25) is 11.8 Å². The minimum Gasteiger partial charge on any atom is -0.476 e. The van der Waals surface area contributed by atoms with Crippen LogP contribution in [0, 0.1) is 5.92 Å². The van der Waals surface area contributed by atoms with Gasteiger partial charge >= 0.3 is 0 Å². The molecule has 2 fully saturated rings. The molecule has 2 aliphatic rings. The summed E-state index contributed by atoms with van der Waals surface area (Å²) in [5, 5.41) is 8.60. The van der Waals surface area contributed by atoms with E-state index in [9.17, 15) is 0 Å². The van der Waals surface area contributed by atoms with Crippen LogP contribution in [-0.4, -0.2) is 78.9 Å². The predicted molar refractivity (Wildman–Crippen MR) is 100 cm³/mol. The van der Waals surface area contributed by atoms with E-state index in [1.807, 2.05) is 4.90 Å². The molecule has 0 amide bonds. The lowest BCUT2D eigenvalue weighted by molar-refractivity contribution is 0.174. The van der Waals surface area contributed by atoms with Crippen molar-refractivity contribution in [2.45, 2.75) is 12.8 Å². The Hall–Kier alpha value is -2.33. The Morgan fingerprint density at radius 3 is 2.62 bits per heavy atom. The zero-order valence-electron chi connectivity index (χ0n) is 15.3. The number of piperazine rings is 1. The van der Waals surface area contributed by atoms with Gasteiger partial charge in [-0.05, 0) is 18.8 Å². The molecule has 0 bridgehead atoms. The first-order valence-electron chi connectivity index (χ1n) is 9.10. The van der Waals surface area contributed by atoms with Crippen LogP contribution in [0.2, 0.25) is 0 Å². The van der Waals surface area contributed by atoms with Crippen LogP contribution in [0.4, 0.5) is 5.82 Å². The van der Waals surface area contributed by atoms with Gasteiger partial charge in [-0.25, -0.2) is 20.9 Å². The van der Waals surface area contributed by atoms with Crippen LogP contribution in [0.5, 0.6) is 5.88 Å². The van der Waals surface area contributed by atoms with E-state index in [1.54, 1.807) is 19.4 Å². The quantitative estimate of drug-likeness (QED) is 0.262. The summed E-state index contributed by atoms with van der Waals surface area (Å²) in [5.74, 6) is 7.93. The lowest BCUT2D eigenvalue weighted by atomic mass is 9.98. The standard InChI is InChI=1S/C16H29N9O/c1-23(18)22-16(17)25-6-2-13(3-7-25)12-26-15-11-20-14(10-21-15)24-8-4-19-5-9-24/h10-11,13,19H,2-9,12,18H2,1H3,(H2,17,22). The number of hydrogen-bond acceptors (Lipinski definition) is 8. The molecule has 0 atom stereocenters. The maximum Gasteiger partial charge on any atom is 0.232 e. The number of ether oxygens (including phenoxy) is 1. The number of hydrazine groups is 1. The van der Waals surface area contributed by atoms with Crippen molar-refractivity contribution in [1.82, 2.24) is 25.3 Å². The number of nitrogens with two attached hydrogens (primary N) is 2. The van der Waals surface area contributed by atoms with Crippen LogP contribution in [0.3, 0.4) is 0 Å². The zero-order valence-corrected chi connectivity index (χ0v) is 15.3. The number of anilines is 1. The summed E-state index contributed by atoms with van der Waals surface area (Å²) in [7, 11) is 1.65. The third-order valence-electron chi connectivity index (χ3n) is 4.72. The topological polar surface area (TPSA) is 121 Å². The number of hydrazone groups is 1. The maximum absolute atomic E-state index is 5.93. The van der Waals surface area contributed by atoms with Crippen LogP contribution < -0.4 is 26.5 Å². The number of nitrogens with one attached hydrogen (secondary N) is 1. The minimum absolute atomic E-state index is 0.462. The van der Waals surface area contributed by atoms with E-state index in [1.165, 1.54) is 5.12 Å². The fourth-order valence-corrected chi connectivity index (χ4v) is 3.20. The summed E-state index contributed by atoms with van der Waals surface area (Å²) < 4.78 is 5.84. The average Bonchev–Trinajstić information content (AvgIpc) is 2.67. The maximum atomic E-state index is 5.93. The van der Waals surface area contributed by atoms with Crippen molar-refractivity contribution in [2.75, 3.05) is 57.8 Å². The Balaban J connectivity index is 1.42. The van der Waals surface area contributed by atoms with Gasteiger partial charge in [-0.15, -0.1) is 5.10 Å². The molecule has 144 valence electrons. The fourth-order valence-electron chi connectivity index (χ4n) is 3.20. The number of rotatable bonds is 5. The highest BCUT2D eigenvalue weighted by atomic mass is 16.5. The van der Waals surface area contributed by atoms with Gasteiger partial charge in [0.25, 0.3) is 0 Å². The number of aromatic nitrogens is 2. The Kier molecular flexibility index (Phi) is 6.29. The average molecular weight is 363 g/mol. The third kappa shape index (κ3) is 5.09. The third-order valence-corrected chi connectivity index (χ3v) is 4.72. The van der Waals surface area contributed by atoms with Crippen molar-refractivity contribution in [1.29, 1.82) is 0 Å². The Morgan fingerprint density at radius 1 is 1.27 bits per heavy atom. The van der Waals surface area contributed by atoms with Gasteiger partial charge in [-0.3, -0.25) is 0 Å². The van der Waals surface area contributed by atoms with Crippen LogP contribution in [-0.2, 0) is 0 Å². The Bertz CT molecular complexity index is 578. The second-order valence-corrected chi connectivity index (χ2v) is 6.72. The first kappa shape index (κ1) is 18.5. The summed E-state index contributed by atoms with van der Waals surface area (Å²) in [5.41, 5.74) is 5.93. The number of hydrogen-bond donors (Lipinski definition) is 3. The van der Waals surface area contributed by atoms with Gasteiger partial charge in [0.15, 0.2) is 0 Å². The summed E-state index contributed by atoms with van der Waals surface area (Å²) in [6.45, 7) is 6.23. The highest BCUT2D eigenvalue weighted by molar-refractivity contribution is 5.77. The molecule has 0 unspecified atom stereocenters. The lowest BCUT2D eigenvalue weighted by Crippen LogP contribution is -2.45. The predicted octanol–water partition coefficient (Wildman–Crippen LogP) is -0.988. The molecule has 0 radical (unpaired) electrons. The molecule has 2 saturated heterocycles.